The number of fused-ring (bicyclic) bond motifs is 1. The summed E-state index contributed by atoms with van der Waals surface area (Å²) in [6.07, 6.45) is 0.175. The van der Waals surface area contributed by atoms with Crippen molar-refractivity contribution >= 4 is 28.3 Å². The number of imidazole rings is 1. The van der Waals surface area contributed by atoms with Crippen LogP contribution in [-0.2, 0) is 4.79 Å². The predicted octanol–water partition coefficient (Wildman–Crippen LogP) is 4.69. The lowest BCUT2D eigenvalue weighted by Crippen LogP contribution is -2.31. The third kappa shape index (κ3) is 4.86. The summed E-state index contributed by atoms with van der Waals surface area (Å²) < 4.78 is 32.2. The van der Waals surface area contributed by atoms with Crippen LogP contribution in [0.1, 0.15) is 37.3 Å². The van der Waals surface area contributed by atoms with Crippen LogP contribution >= 0.6 is 0 Å². The van der Waals surface area contributed by atoms with Crippen LogP contribution in [0.5, 0.6) is 5.75 Å². The van der Waals surface area contributed by atoms with Crippen LogP contribution in [0.25, 0.3) is 11.0 Å². The SMILES string of the molecule is COc1cc(NC(=O)C2CCC(n3c(=O)[nH]c4c(NCC(F)F)cccc43)CC2)ccc1C. The number of carbonyl (C=O) groups is 1. The number of nitrogens with one attached hydrogen (secondary N) is 3. The molecule has 9 heteroatoms. The first-order valence-electron chi connectivity index (χ1n) is 11.1. The van der Waals surface area contributed by atoms with E-state index in [4.69, 9.17) is 4.74 Å². The van der Waals surface area contributed by atoms with Crippen LogP contribution in [0.2, 0.25) is 0 Å². The van der Waals surface area contributed by atoms with E-state index >= 15 is 0 Å². The third-order valence-corrected chi connectivity index (χ3v) is 6.31. The number of aromatic amines is 1. The monoisotopic (exact) mass is 458 g/mol. The van der Waals surface area contributed by atoms with Crippen LogP contribution in [-0.4, -0.2) is 35.5 Å². The molecule has 0 radical (unpaired) electrons. The van der Waals surface area contributed by atoms with E-state index < -0.39 is 13.0 Å². The zero-order valence-electron chi connectivity index (χ0n) is 18.7. The van der Waals surface area contributed by atoms with Crippen LogP contribution in [0.3, 0.4) is 0 Å². The van der Waals surface area contributed by atoms with Gasteiger partial charge in [0.05, 0.1) is 30.4 Å². The summed E-state index contributed by atoms with van der Waals surface area (Å²) in [5, 5.41) is 5.66. The molecular weight excluding hydrogens is 430 g/mol. The highest BCUT2D eigenvalue weighted by Crippen LogP contribution is 2.35. The molecule has 1 saturated carbocycles. The third-order valence-electron chi connectivity index (χ3n) is 6.31. The molecule has 3 aromatic rings. The Bertz CT molecular complexity index is 1200. The van der Waals surface area contributed by atoms with Crippen LogP contribution in [0, 0.1) is 12.8 Å². The number of hydrogen-bond donors (Lipinski definition) is 3. The summed E-state index contributed by atoms with van der Waals surface area (Å²) in [6, 6.07) is 10.7. The van der Waals surface area contributed by atoms with Gasteiger partial charge >= 0.3 is 5.69 Å². The highest BCUT2D eigenvalue weighted by molar-refractivity contribution is 5.93. The van der Waals surface area contributed by atoms with Gasteiger partial charge in [-0.2, -0.15) is 0 Å². The van der Waals surface area contributed by atoms with Crippen molar-refractivity contribution in [1.82, 2.24) is 9.55 Å². The number of anilines is 2. The van der Waals surface area contributed by atoms with Gasteiger partial charge in [-0.1, -0.05) is 12.1 Å². The fourth-order valence-corrected chi connectivity index (χ4v) is 4.58. The standard InChI is InChI=1S/C24H28F2N4O3/c1-14-6-9-16(12-20(14)33-2)28-23(31)15-7-10-17(11-8-15)30-19-5-3-4-18(27-13-21(25)26)22(19)29-24(30)32/h3-6,9,12,15,17,21,27H,7-8,10-11,13H2,1-2H3,(H,28,31)(H,29,32). The van der Waals surface area contributed by atoms with Gasteiger partial charge in [0.25, 0.3) is 6.43 Å². The molecule has 33 heavy (non-hydrogen) atoms. The van der Waals surface area contributed by atoms with Crippen LogP contribution in [0.15, 0.2) is 41.2 Å². The van der Waals surface area contributed by atoms with Crippen LogP contribution in [0.4, 0.5) is 20.2 Å². The van der Waals surface area contributed by atoms with E-state index in [9.17, 15) is 18.4 Å². The Hall–Kier alpha value is -3.36. The molecular formula is C24H28F2N4O3. The second-order valence-corrected chi connectivity index (χ2v) is 8.45. The number of aryl methyl sites for hydroxylation is 1. The summed E-state index contributed by atoms with van der Waals surface area (Å²) in [7, 11) is 1.60. The molecule has 1 amide bonds. The Kier molecular flexibility index (Phi) is 6.67. The first kappa shape index (κ1) is 22.8. The predicted molar refractivity (Wildman–Crippen MR) is 124 cm³/mol. The lowest BCUT2D eigenvalue weighted by molar-refractivity contribution is -0.121. The van der Waals surface area contributed by atoms with Gasteiger partial charge in [0, 0.05) is 23.7 Å². The van der Waals surface area contributed by atoms with Gasteiger partial charge in [0.2, 0.25) is 5.91 Å². The molecule has 1 aromatic heterocycles. The van der Waals surface area contributed by atoms with Crippen molar-refractivity contribution in [3.63, 3.8) is 0 Å². The van der Waals surface area contributed by atoms with Crippen molar-refractivity contribution in [2.45, 2.75) is 45.1 Å². The van der Waals surface area contributed by atoms with E-state index in [-0.39, 0.29) is 23.6 Å². The molecule has 1 aliphatic carbocycles. The summed E-state index contributed by atoms with van der Waals surface area (Å²) >= 11 is 0. The van der Waals surface area contributed by atoms with Crippen molar-refractivity contribution < 1.29 is 18.3 Å². The first-order chi connectivity index (χ1) is 15.9. The van der Waals surface area contributed by atoms with Gasteiger partial charge in [-0.25, -0.2) is 13.6 Å². The number of rotatable bonds is 7. The Labute approximate surface area is 190 Å². The molecule has 2 aromatic carbocycles. The summed E-state index contributed by atoms with van der Waals surface area (Å²) in [6.45, 7) is 1.45. The number of halogens is 2. The second kappa shape index (κ2) is 9.64. The second-order valence-electron chi connectivity index (χ2n) is 8.45. The van der Waals surface area contributed by atoms with Gasteiger partial charge in [-0.15, -0.1) is 0 Å². The van der Waals surface area contributed by atoms with Crippen molar-refractivity contribution in [2.24, 2.45) is 5.92 Å². The van der Waals surface area contributed by atoms with Crippen molar-refractivity contribution in [1.29, 1.82) is 0 Å². The van der Waals surface area contributed by atoms with Crippen molar-refractivity contribution in [3.05, 3.63) is 52.4 Å². The lowest BCUT2D eigenvalue weighted by Gasteiger charge is -2.28. The number of alkyl halides is 2. The number of para-hydroxylation sites is 1. The molecule has 176 valence electrons. The van der Waals surface area contributed by atoms with E-state index in [1.54, 1.807) is 23.8 Å². The molecule has 3 N–H and O–H groups in total. The fraction of sp³-hybridized carbons (Fsp3) is 0.417. The number of aromatic nitrogens is 2. The number of benzene rings is 2. The van der Waals surface area contributed by atoms with Gasteiger partial charge in [0.1, 0.15) is 5.75 Å². The number of methoxy groups -OCH3 is 1. The maximum Gasteiger partial charge on any atom is 0.326 e. The van der Waals surface area contributed by atoms with Gasteiger partial charge in [-0.05, 0) is 56.4 Å². The highest BCUT2D eigenvalue weighted by Gasteiger charge is 2.29. The molecule has 0 saturated heterocycles. The summed E-state index contributed by atoms with van der Waals surface area (Å²) in [5.74, 6) is 0.541. The zero-order valence-corrected chi connectivity index (χ0v) is 18.7. The summed E-state index contributed by atoms with van der Waals surface area (Å²) in [4.78, 5) is 28.3. The summed E-state index contributed by atoms with van der Waals surface area (Å²) in [5.41, 5.74) is 3.10. The minimum atomic E-state index is -2.49. The molecule has 0 atom stereocenters. The molecule has 0 spiro atoms. The zero-order chi connectivity index (χ0) is 23.5. The van der Waals surface area contributed by atoms with Crippen molar-refractivity contribution in [2.75, 3.05) is 24.3 Å². The number of carbonyl (C=O) groups excluding carboxylic acids is 1. The molecule has 0 bridgehead atoms. The highest BCUT2D eigenvalue weighted by atomic mass is 19.3. The van der Waals surface area contributed by atoms with E-state index in [1.807, 2.05) is 31.2 Å². The Balaban J connectivity index is 1.44. The molecule has 1 fully saturated rings. The van der Waals surface area contributed by atoms with Gasteiger partial charge < -0.3 is 20.4 Å². The topological polar surface area (TPSA) is 88.2 Å². The normalized spacial score (nSPS) is 18.5. The Morgan fingerprint density at radius 2 is 1.97 bits per heavy atom. The average molecular weight is 459 g/mol. The molecule has 4 rings (SSSR count). The number of amides is 1. The number of hydrogen-bond acceptors (Lipinski definition) is 4. The van der Waals surface area contributed by atoms with Gasteiger partial charge in [-0.3, -0.25) is 9.36 Å². The number of nitrogens with zero attached hydrogens (tertiary/aromatic N) is 1. The Morgan fingerprint density at radius 1 is 1.21 bits per heavy atom. The van der Waals surface area contributed by atoms with Gasteiger partial charge in [0.15, 0.2) is 0 Å². The molecule has 0 unspecified atom stereocenters. The number of H-pyrrole nitrogens is 1. The van der Waals surface area contributed by atoms with E-state index in [0.29, 0.717) is 48.1 Å². The molecule has 1 aliphatic rings. The van der Waals surface area contributed by atoms with Crippen LogP contribution < -0.4 is 21.1 Å². The first-order valence-corrected chi connectivity index (χ1v) is 11.1. The Morgan fingerprint density at radius 3 is 2.67 bits per heavy atom. The lowest BCUT2D eigenvalue weighted by atomic mass is 9.85. The quantitative estimate of drug-likeness (QED) is 0.479. The van der Waals surface area contributed by atoms with Crippen molar-refractivity contribution in [3.8, 4) is 5.75 Å². The van der Waals surface area contributed by atoms with E-state index in [1.165, 1.54) is 0 Å². The molecule has 1 heterocycles. The fourth-order valence-electron chi connectivity index (χ4n) is 4.58. The number of ether oxygens (including phenoxy) is 1. The molecule has 7 nitrogen and oxygen atoms in total. The smallest absolute Gasteiger partial charge is 0.326 e. The minimum Gasteiger partial charge on any atom is -0.496 e. The molecule has 0 aliphatic heterocycles. The largest absolute Gasteiger partial charge is 0.496 e. The average Bonchev–Trinajstić information content (AvgIpc) is 3.15. The maximum atomic E-state index is 12.8. The van der Waals surface area contributed by atoms with E-state index in [2.05, 4.69) is 15.6 Å². The maximum absolute atomic E-state index is 12.8. The van der Waals surface area contributed by atoms with E-state index in [0.717, 1.165) is 11.3 Å². The minimum absolute atomic E-state index is 0.0379.